The Morgan fingerprint density at radius 1 is 0.373 bits per heavy atom. The molecule has 0 saturated carbocycles. The largest absolute Gasteiger partial charge is 0.208 e. The fourth-order valence-corrected chi connectivity index (χ4v) is 11.3. The van der Waals surface area contributed by atoms with Gasteiger partial charge < -0.3 is 0 Å². The predicted molar refractivity (Wildman–Crippen MR) is 244 cm³/mol. The van der Waals surface area contributed by atoms with Crippen molar-refractivity contribution in [2.45, 2.75) is 24.7 Å². The lowest BCUT2D eigenvalue weighted by Crippen LogP contribution is -2.40. The van der Waals surface area contributed by atoms with Gasteiger partial charge in [0.05, 0.1) is 5.41 Å². The second kappa shape index (κ2) is 12.7. The molecule has 4 heteroatoms. The van der Waals surface area contributed by atoms with Crippen LogP contribution in [0.15, 0.2) is 188 Å². The molecule has 2 heterocycles. The van der Waals surface area contributed by atoms with Gasteiger partial charge >= 0.3 is 0 Å². The average molecular weight is 772 g/mol. The fourth-order valence-electron chi connectivity index (χ4n) is 10.2. The number of rotatable bonds is 4. The third kappa shape index (κ3) is 4.90. The van der Waals surface area contributed by atoms with Crippen molar-refractivity contribution in [2.75, 3.05) is 0 Å². The third-order valence-corrected chi connectivity index (χ3v) is 13.9. The molecule has 0 N–H and O–H groups in total. The van der Waals surface area contributed by atoms with E-state index in [1.54, 1.807) is 0 Å². The van der Waals surface area contributed by atoms with E-state index in [4.69, 9.17) is 15.0 Å². The minimum Gasteiger partial charge on any atom is -0.208 e. The molecule has 0 bridgehead atoms. The van der Waals surface area contributed by atoms with Crippen molar-refractivity contribution >= 4 is 31.5 Å². The highest BCUT2D eigenvalue weighted by molar-refractivity contribution is 7.25. The Bertz CT molecular complexity index is 3240. The van der Waals surface area contributed by atoms with E-state index in [-0.39, 0.29) is 5.41 Å². The zero-order valence-corrected chi connectivity index (χ0v) is 33.5. The van der Waals surface area contributed by atoms with Crippen molar-refractivity contribution in [3.05, 3.63) is 221 Å². The molecule has 2 aromatic heterocycles. The Morgan fingerprint density at radius 2 is 0.831 bits per heavy atom. The van der Waals surface area contributed by atoms with Crippen LogP contribution in [0, 0.1) is 0 Å². The summed E-state index contributed by atoms with van der Waals surface area (Å²) in [5, 5.41) is 2.55. The third-order valence-electron chi connectivity index (χ3n) is 12.8. The van der Waals surface area contributed by atoms with Gasteiger partial charge in [-0.1, -0.05) is 178 Å². The molecule has 0 atom stereocenters. The number of hydrogen-bond donors (Lipinski definition) is 0. The zero-order chi connectivity index (χ0) is 39.3. The number of nitrogens with zero attached hydrogens (tertiary/aromatic N) is 3. The van der Waals surface area contributed by atoms with Crippen molar-refractivity contribution in [1.29, 1.82) is 0 Å². The molecule has 1 spiro atoms. The maximum atomic E-state index is 5.21. The Balaban J connectivity index is 1.10. The summed E-state index contributed by atoms with van der Waals surface area (Å²) in [5.41, 5.74) is 15.3. The van der Waals surface area contributed by atoms with Crippen LogP contribution >= 0.6 is 11.3 Å². The summed E-state index contributed by atoms with van der Waals surface area (Å²) >= 11 is 1.87. The number of fused-ring (bicyclic) bond motifs is 13. The highest BCUT2D eigenvalue weighted by Crippen LogP contribution is 2.63. The minimum absolute atomic E-state index is 0.278. The molecule has 0 fully saturated rings. The number of aromatic nitrogens is 3. The van der Waals surface area contributed by atoms with Gasteiger partial charge in [-0.15, -0.1) is 11.3 Å². The molecule has 0 aliphatic heterocycles. The van der Waals surface area contributed by atoms with E-state index in [0.717, 1.165) is 22.3 Å². The monoisotopic (exact) mass is 771 g/mol. The van der Waals surface area contributed by atoms with Crippen LogP contribution in [0.1, 0.15) is 47.2 Å². The lowest BCUT2D eigenvalue weighted by Gasteiger charge is -2.47. The molecule has 8 aromatic carbocycles. The van der Waals surface area contributed by atoms with E-state index in [2.05, 4.69) is 178 Å². The molecule has 2 aliphatic rings. The van der Waals surface area contributed by atoms with Crippen LogP contribution in [0.3, 0.4) is 0 Å². The quantitative estimate of drug-likeness (QED) is 0.179. The van der Waals surface area contributed by atoms with Gasteiger partial charge in [-0.25, -0.2) is 15.0 Å². The first-order chi connectivity index (χ1) is 29.0. The summed E-state index contributed by atoms with van der Waals surface area (Å²) in [5.74, 6) is 1.97. The second-order valence-corrected chi connectivity index (χ2v) is 17.4. The van der Waals surface area contributed by atoms with Gasteiger partial charge in [-0.3, -0.25) is 0 Å². The van der Waals surface area contributed by atoms with Crippen molar-refractivity contribution in [3.63, 3.8) is 0 Å². The zero-order valence-electron chi connectivity index (χ0n) is 32.6. The lowest BCUT2D eigenvalue weighted by molar-refractivity contribution is 0.569. The summed E-state index contributed by atoms with van der Waals surface area (Å²) in [7, 11) is 0. The number of thiophene rings is 1. The van der Waals surface area contributed by atoms with Crippen molar-refractivity contribution in [3.8, 4) is 56.4 Å². The van der Waals surface area contributed by atoms with Crippen LogP contribution in [-0.4, -0.2) is 15.0 Å². The van der Waals surface area contributed by atoms with Crippen LogP contribution in [0.5, 0.6) is 0 Å². The molecule has 278 valence electrons. The van der Waals surface area contributed by atoms with Crippen LogP contribution in [0.2, 0.25) is 0 Å². The van der Waals surface area contributed by atoms with Crippen molar-refractivity contribution in [1.82, 2.24) is 15.0 Å². The lowest BCUT2D eigenvalue weighted by atomic mass is 9.55. The maximum absolute atomic E-state index is 5.21. The SMILES string of the molecule is CC1(C)c2ccccc2C2(c3ccccc3-c3ccccc32)c2ccc3sc4ccc(-c5nc(-c6ccccc6)nc(-c6ccc(-c7ccccc7)cc6)n5)cc4c3c21. The highest BCUT2D eigenvalue weighted by Gasteiger charge is 2.53. The standard InChI is InChI=1S/C55H37N3S/c1-54(2)44-23-13-14-24-45(44)55(42-21-11-9-19-39(42)40-20-10-12-22-43(40)55)46-30-32-48-49(50(46)54)41-33-38(29-31-47(41)59-48)53-57-51(36-17-7-4-8-18-36)56-52(58-53)37-27-25-35(26-28-37)34-15-5-3-6-16-34/h3-33H,1-2H3. The van der Waals surface area contributed by atoms with Crippen LogP contribution in [-0.2, 0) is 10.8 Å². The summed E-state index contributed by atoms with van der Waals surface area (Å²) in [4.78, 5) is 15.4. The molecule has 2 aliphatic carbocycles. The molecule has 10 aromatic rings. The average Bonchev–Trinajstić information content (AvgIpc) is 3.82. The first-order valence-electron chi connectivity index (χ1n) is 20.3. The molecule has 0 amide bonds. The Hall–Kier alpha value is -7.01. The van der Waals surface area contributed by atoms with Gasteiger partial charge in [-0.2, -0.15) is 0 Å². The van der Waals surface area contributed by atoms with Crippen molar-refractivity contribution < 1.29 is 0 Å². The molecule has 59 heavy (non-hydrogen) atoms. The summed E-state index contributed by atoms with van der Waals surface area (Å²) < 4.78 is 2.54. The van der Waals surface area contributed by atoms with E-state index in [9.17, 15) is 0 Å². The highest BCUT2D eigenvalue weighted by atomic mass is 32.1. The summed E-state index contributed by atoms with van der Waals surface area (Å²) in [6.45, 7) is 4.84. The van der Waals surface area contributed by atoms with Gasteiger partial charge in [0, 0.05) is 42.3 Å². The summed E-state index contributed by atoms with van der Waals surface area (Å²) in [6.07, 6.45) is 0. The van der Waals surface area contributed by atoms with Gasteiger partial charge in [0.1, 0.15) is 0 Å². The van der Waals surface area contributed by atoms with Gasteiger partial charge in [0.25, 0.3) is 0 Å². The topological polar surface area (TPSA) is 38.7 Å². The minimum atomic E-state index is -0.446. The molecule has 0 unspecified atom stereocenters. The molecule has 0 radical (unpaired) electrons. The van der Waals surface area contributed by atoms with Gasteiger partial charge in [-0.05, 0) is 79.9 Å². The van der Waals surface area contributed by atoms with Crippen LogP contribution < -0.4 is 0 Å². The van der Waals surface area contributed by atoms with E-state index in [1.165, 1.54) is 70.2 Å². The van der Waals surface area contributed by atoms with E-state index in [1.807, 2.05) is 35.6 Å². The van der Waals surface area contributed by atoms with Gasteiger partial charge in [0.15, 0.2) is 17.5 Å². The second-order valence-electron chi connectivity index (χ2n) is 16.3. The van der Waals surface area contributed by atoms with Crippen LogP contribution in [0.25, 0.3) is 76.6 Å². The molecule has 3 nitrogen and oxygen atoms in total. The normalized spacial score (nSPS) is 14.2. The molecule has 0 saturated heterocycles. The summed E-state index contributed by atoms with van der Waals surface area (Å²) in [6, 6.07) is 68.1. The number of hydrogen-bond acceptors (Lipinski definition) is 4. The first-order valence-corrected chi connectivity index (χ1v) is 21.1. The van der Waals surface area contributed by atoms with Crippen molar-refractivity contribution in [2.24, 2.45) is 0 Å². The fraction of sp³-hybridized carbons (Fsp3) is 0.0727. The molecular weight excluding hydrogens is 735 g/mol. The Morgan fingerprint density at radius 3 is 1.47 bits per heavy atom. The van der Waals surface area contributed by atoms with E-state index in [0.29, 0.717) is 17.5 Å². The Kier molecular flexibility index (Phi) is 7.36. The number of benzene rings is 8. The van der Waals surface area contributed by atoms with E-state index >= 15 is 0 Å². The van der Waals surface area contributed by atoms with E-state index < -0.39 is 5.41 Å². The molecular formula is C55H37N3S. The smallest absolute Gasteiger partial charge is 0.164 e. The maximum Gasteiger partial charge on any atom is 0.164 e. The first kappa shape index (κ1) is 34.1. The predicted octanol–water partition coefficient (Wildman–Crippen LogP) is 13.9. The Labute approximate surface area is 347 Å². The van der Waals surface area contributed by atoms with Crippen LogP contribution in [0.4, 0.5) is 0 Å². The van der Waals surface area contributed by atoms with Gasteiger partial charge in [0.2, 0.25) is 0 Å². The molecule has 12 rings (SSSR count).